The summed E-state index contributed by atoms with van der Waals surface area (Å²) in [5, 5.41) is 8.85. The van der Waals surface area contributed by atoms with E-state index < -0.39 is 5.97 Å². The minimum atomic E-state index is -0.842. The summed E-state index contributed by atoms with van der Waals surface area (Å²) < 4.78 is 5.59. The maximum Gasteiger partial charge on any atom is 0.305 e. The lowest BCUT2D eigenvalue weighted by Crippen LogP contribution is -2.40. The Kier molecular flexibility index (Phi) is 3.96. The lowest BCUT2D eigenvalue weighted by atomic mass is 10.1. The van der Waals surface area contributed by atoms with E-state index >= 15 is 0 Å². The number of carboxylic acids is 1. The van der Waals surface area contributed by atoms with Crippen LogP contribution in [0.1, 0.15) is 38.5 Å². The molecule has 0 radical (unpaired) electrons. The van der Waals surface area contributed by atoms with Crippen LogP contribution in [0.4, 0.5) is 0 Å². The second-order valence-electron chi connectivity index (χ2n) is 6.35. The second-order valence-corrected chi connectivity index (χ2v) is 6.35. The molecule has 0 unspecified atom stereocenters. The summed E-state index contributed by atoms with van der Waals surface area (Å²) in [6, 6.07) is 0. The van der Waals surface area contributed by atoms with Crippen molar-refractivity contribution < 1.29 is 19.4 Å². The fourth-order valence-corrected chi connectivity index (χ4v) is 3.95. The van der Waals surface area contributed by atoms with Gasteiger partial charge in [-0.1, -0.05) is 6.42 Å². The van der Waals surface area contributed by atoms with Gasteiger partial charge in [0, 0.05) is 25.6 Å². The van der Waals surface area contributed by atoms with Crippen LogP contribution < -0.4 is 0 Å². The van der Waals surface area contributed by atoms with Gasteiger partial charge in [-0.15, -0.1) is 0 Å². The van der Waals surface area contributed by atoms with Crippen molar-refractivity contribution in [1.82, 2.24) is 4.90 Å². The van der Waals surface area contributed by atoms with Gasteiger partial charge in [-0.05, 0) is 37.5 Å². The number of aliphatic carboxylic acids is 1. The van der Waals surface area contributed by atoms with Gasteiger partial charge in [0.25, 0.3) is 0 Å². The van der Waals surface area contributed by atoms with Crippen molar-refractivity contribution in [2.24, 2.45) is 17.8 Å². The Morgan fingerprint density at radius 1 is 1.15 bits per heavy atom. The number of fused-ring (bicyclic) bond motifs is 1. The molecule has 0 aromatic rings. The van der Waals surface area contributed by atoms with Crippen LogP contribution in [0, 0.1) is 17.8 Å². The Morgan fingerprint density at radius 2 is 1.90 bits per heavy atom. The van der Waals surface area contributed by atoms with E-state index in [2.05, 4.69) is 0 Å². The third-order valence-electron chi connectivity index (χ3n) is 5.05. The largest absolute Gasteiger partial charge is 0.481 e. The molecule has 1 heterocycles. The van der Waals surface area contributed by atoms with E-state index in [1.54, 1.807) is 4.90 Å². The second kappa shape index (κ2) is 5.72. The fourth-order valence-electron chi connectivity index (χ4n) is 3.95. The summed E-state index contributed by atoms with van der Waals surface area (Å²) in [6.45, 7) is 1.66. The number of hydrogen-bond acceptors (Lipinski definition) is 3. The molecule has 2 aliphatic carbocycles. The number of nitrogens with zero attached hydrogens (tertiary/aromatic N) is 1. The maximum atomic E-state index is 12.6. The van der Waals surface area contributed by atoms with Crippen molar-refractivity contribution in [3.8, 4) is 0 Å². The molecule has 5 heteroatoms. The maximum absolute atomic E-state index is 12.6. The van der Waals surface area contributed by atoms with E-state index in [0.29, 0.717) is 24.9 Å². The average Bonchev–Trinajstić information content (AvgIpc) is 2.86. The Bertz CT molecular complexity index is 381. The molecule has 0 spiro atoms. The molecule has 1 saturated heterocycles. The molecule has 20 heavy (non-hydrogen) atoms. The van der Waals surface area contributed by atoms with Crippen LogP contribution in [0.2, 0.25) is 0 Å². The first-order chi connectivity index (χ1) is 9.66. The average molecular weight is 281 g/mol. The van der Waals surface area contributed by atoms with Crippen LogP contribution in [-0.2, 0) is 14.3 Å². The Balaban J connectivity index is 1.58. The molecular formula is C15H23NO4. The van der Waals surface area contributed by atoms with Crippen molar-refractivity contribution in [1.29, 1.82) is 0 Å². The van der Waals surface area contributed by atoms with Gasteiger partial charge in [0.1, 0.15) is 0 Å². The van der Waals surface area contributed by atoms with Gasteiger partial charge in [-0.25, -0.2) is 0 Å². The summed E-state index contributed by atoms with van der Waals surface area (Å²) in [4.78, 5) is 25.1. The molecule has 1 aliphatic heterocycles. The van der Waals surface area contributed by atoms with Crippen molar-refractivity contribution in [2.45, 2.75) is 44.6 Å². The lowest BCUT2D eigenvalue weighted by molar-refractivity contribution is -0.139. The number of rotatable bonds is 6. The van der Waals surface area contributed by atoms with Crippen molar-refractivity contribution in [2.75, 3.05) is 19.7 Å². The fraction of sp³-hybridized carbons (Fsp3) is 0.867. The third kappa shape index (κ3) is 2.82. The van der Waals surface area contributed by atoms with E-state index in [4.69, 9.17) is 9.84 Å². The molecule has 0 aromatic heterocycles. The van der Waals surface area contributed by atoms with E-state index in [1.807, 2.05) is 0 Å². The van der Waals surface area contributed by atoms with Gasteiger partial charge in [0.2, 0.25) is 5.91 Å². The van der Waals surface area contributed by atoms with Crippen LogP contribution in [0.25, 0.3) is 0 Å². The number of carboxylic acid groups (broad SMARTS) is 1. The number of carbonyl (C=O) groups is 2. The molecule has 2 saturated carbocycles. The van der Waals surface area contributed by atoms with Crippen LogP contribution in [0.5, 0.6) is 0 Å². The zero-order valence-corrected chi connectivity index (χ0v) is 11.8. The molecule has 3 atom stereocenters. The summed E-state index contributed by atoms with van der Waals surface area (Å²) in [7, 11) is 0. The highest BCUT2D eigenvalue weighted by Crippen LogP contribution is 2.58. The summed E-state index contributed by atoms with van der Waals surface area (Å²) in [6.07, 6.45) is 5.75. The number of carbonyl (C=O) groups excluding carboxylic acids is 1. The normalized spacial score (nSPS) is 34.8. The number of hydrogen-bond donors (Lipinski definition) is 1. The van der Waals surface area contributed by atoms with Crippen LogP contribution in [-0.4, -0.2) is 47.7 Å². The first-order valence-corrected chi connectivity index (χ1v) is 7.79. The van der Waals surface area contributed by atoms with E-state index in [9.17, 15) is 9.59 Å². The van der Waals surface area contributed by atoms with Crippen molar-refractivity contribution in [3.63, 3.8) is 0 Å². The smallest absolute Gasteiger partial charge is 0.305 e. The standard InChI is InChI=1S/C15H23NO4/c17-13(18)6-7-16(9-10-3-2-8-20-10)15(19)14-11-4-1-5-12(11)14/h10-12,14H,1-9H2,(H,17,18)/t10-,11+,12+/m0/s1. The molecule has 0 bridgehead atoms. The zero-order chi connectivity index (χ0) is 14.1. The van der Waals surface area contributed by atoms with Crippen LogP contribution >= 0.6 is 0 Å². The molecule has 112 valence electrons. The van der Waals surface area contributed by atoms with Crippen LogP contribution in [0.3, 0.4) is 0 Å². The summed E-state index contributed by atoms with van der Waals surface area (Å²) in [5.74, 6) is 0.681. The van der Waals surface area contributed by atoms with Gasteiger partial charge in [-0.3, -0.25) is 9.59 Å². The molecule has 0 aromatic carbocycles. The first-order valence-electron chi connectivity index (χ1n) is 7.79. The van der Waals surface area contributed by atoms with Gasteiger partial charge in [-0.2, -0.15) is 0 Å². The topological polar surface area (TPSA) is 66.8 Å². The SMILES string of the molecule is O=C(O)CCN(C[C@@H]1CCCO1)C(=O)C1[C@@H]2CCC[C@@H]12. The molecule has 3 rings (SSSR count). The predicted octanol–water partition coefficient (Wildman–Crippen LogP) is 1.51. The number of amides is 1. The molecular weight excluding hydrogens is 258 g/mol. The Labute approximate surface area is 119 Å². The highest BCUT2D eigenvalue weighted by Gasteiger charge is 2.57. The molecule has 5 nitrogen and oxygen atoms in total. The molecule has 3 aliphatic rings. The monoisotopic (exact) mass is 281 g/mol. The predicted molar refractivity (Wildman–Crippen MR) is 72.1 cm³/mol. The van der Waals surface area contributed by atoms with E-state index in [0.717, 1.165) is 19.4 Å². The Hall–Kier alpha value is -1.10. The minimum absolute atomic E-state index is 0.0283. The van der Waals surface area contributed by atoms with Gasteiger partial charge < -0.3 is 14.7 Å². The van der Waals surface area contributed by atoms with Crippen molar-refractivity contribution >= 4 is 11.9 Å². The number of ether oxygens (including phenoxy) is 1. The third-order valence-corrected chi connectivity index (χ3v) is 5.05. The quantitative estimate of drug-likeness (QED) is 0.801. The van der Waals surface area contributed by atoms with Crippen LogP contribution in [0.15, 0.2) is 0 Å². The van der Waals surface area contributed by atoms with E-state index in [1.165, 1.54) is 19.3 Å². The van der Waals surface area contributed by atoms with Crippen molar-refractivity contribution in [3.05, 3.63) is 0 Å². The summed E-state index contributed by atoms with van der Waals surface area (Å²) in [5.41, 5.74) is 0. The molecule has 3 fully saturated rings. The summed E-state index contributed by atoms with van der Waals surface area (Å²) >= 11 is 0. The van der Waals surface area contributed by atoms with E-state index in [-0.39, 0.29) is 24.3 Å². The first kappa shape index (κ1) is 13.9. The molecule has 1 N–H and O–H groups in total. The molecule has 1 amide bonds. The Morgan fingerprint density at radius 3 is 2.50 bits per heavy atom. The zero-order valence-electron chi connectivity index (χ0n) is 11.8. The van der Waals surface area contributed by atoms with Gasteiger partial charge >= 0.3 is 5.97 Å². The lowest BCUT2D eigenvalue weighted by Gasteiger charge is -2.25. The minimum Gasteiger partial charge on any atom is -0.481 e. The van der Waals surface area contributed by atoms with Gasteiger partial charge in [0.05, 0.1) is 12.5 Å². The highest BCUT2D eigenvalue weighted by atomic mass is 16.5. The van der Waals surface area contributed by atoms with Gasteiger partial charge in [0.15, 0.2) is 0 Å². The highest BCUT2D eigenvalue weighted by molar-refractivity contribution is 5.83.